The molecule has 2 aliphatic carbocycles. The van der Waals surface area contributed by atoms with Crippen molar-refractivity contribution in [2.24, 2.45) is 17.8 Å². The summed E-state index contributed by atoms with van der Waals surface area (Å²) in [7, 11) is 1.65. The molecular weight excluding hydrogens is 262 g/mol. The fourth-order valence-corrected chi connectivity index (χ4v) is 4.23. The molecule has 0 bridgehead atoms. The summed E-state index contributed by atoms with van der Waals surface area (Å²) in [5.74, 6) is 0.0680. The van der Waals surface area contributed by atoms with Gasteiger partial charge in [0.15, 0.2) is 0 Å². The van der Waals surface area contributed by atoms with Crippen LogP contribution in [-0.4, -0.2) is 23.8 Å². The Labute approximate surface area is 127 Å². The number of imide groups is 1. The van der Waals surface area contributed by atoms with Gasteiger partial charge >= 0.3 is 0 Å². The van der Waals surface area contributed by atoms with E-state index in [1.807, 2.05) is 0 Å². The molecule has 3 atom stereocenters. The largest absolute Gasteiger partial charge is 0.285 e. The zero-order valence-corrected chi connectivity index (χ0v) is 13.1. The van der Waals surface area contributed by atoms with Crippen molar-refractivity contribution in [1.82, 2.24) is 4.90 Å². The second kappa shape index (κ2) is 5.78. The topological polar surface area (TPSA) is 37.4 Å². The Bertz CT molecular complexity index is 517. The lowest BCUT2D eigenvalue weighted by Gasteiger charge is -2.29. The van der Waals surface area contributed by atoms with E-state index in [0.717, 1.165) is 31.3 Å². The van der Waals surface area contributed by atoms with Gasteiger partial charge in [0.25, 0.3) is 0 Å². The fourth-order valence-electron chi connectivity index (χ4n) is 4.23. The molecule has 3 nitrogen and oxygen atoms in total. The van der Waals surface area contributed by atoms with Gasteiger partial charge in [-0.15, -0.1) is 0 Å². The Hall–Kier alpha value is -1.38. The number of hydrogen-bond acceptors (Lipinski definition) is 2. The normalized spacial score (nSPS) is 33.4. The van der Waals surface area contributed by atoms with Crippen LogP contribution in [0.3, 0.4) is 0 Å². The molecule has 0 aromatic rings. The highest BCUT2D eigenvalue weighted by atomic mass is 16.2. The van der Waals surface area contributed by atoms with Gasteiger partial charge in [-0.25, -0.2) is 0 Å². The first-order valence-electron chi connectivity index (χ1n) is 8.37. The summed E-state index contributed by atoms with van der Waals surface area (Å²) in [5, 5.41) is 0. The summed E-state index contributed by atoms with van der Waals surface area (Å²) in [5.41, 5.74) is 2.53. The average molecular weight is 287 g/mol. The Morgan fingerprint density at radius 1 is 1.29 bits per heavy atom. The number of amides is 2. The van der Waals surface area contributed by atoms with Crippen LogP contribution in [0.2, 0.25) is 0 Å². The van der Waals surface area contributed by atoms with E-state index >= 15 is 0 Å². The molecule has 21 heavy (non-hydrogen) atoms. The van der Waals surface area contributed by atoms with Crippen LogP contribution < -0.4 is 0 Å². The minimum Gasteiger partial charge on any atom is -0.285 e. The Kier molecular flexibility index (Phi) is 4.01. The van der Waals surface area contributed by atoms with E-state index in [0.29, 0.717) is 5.92 Å². The standard InChI is InChI=1S/C18H25NO2/c1-3-4-5-6-8-13-11-12-9-7-10-14(12)16-15(13)17(20)19(2)18(16)21/h8,11,14-16H,3-7,9-10H2,1-2H3/b13-8+/t14-,15+,16-/m1/s1. The molecule has 114 valence electrons. The molecule has 0 radical (unpaired) electrons. The second-order valence-electron chi connectivity index (χ2n) is 6.66. The van der Waals surface area contributed by atoms with Crippen molar-refractivity contribution >= 4 is 11.8 Å². The number of nitrogens with zero attached hydrogens (tertiary/aromatic N) is 1. The number of carbonyl (C=O) groups excluding carboxylic acids is 2. The third-order valence-electron chi connectivity index (χ3n) is 5.36. The van der Waals surface area contributed by atoms with E-state index in [4.69, 9.17) is 0 Å². The lowest BCUT2D eigenvalue weighted by molar-refractivity contribution is -0.138. The van der Waals surface area contributed by atoms with Gasteiger partial charge in [0.2, 0.25) is 11.8 Å². The van der Waals surface area contributed by atoms with E-state index in [2.05, 4.69) is 19.1 Å². The van der Waals surface area contributed by atoms with Gasteiger partial charge in [0, 0.05) is 7.05 Å². The van der Waals surface area contributed by atoms with Crippen molar-refractivity contribution in [2.75, 3.05) is 7.05 Å². The lowest BCUT2D eigenvalue weighted by atomic mass is 9.71. The third kappa shape index (κ3) is 2.37. The summed E-state index contributed by atoms with van der Waals surface area (Å²) < 4.78 is 0. The molecule has 1 heterocycles. The summed E-state index contributed by atoms with van der Waals surface area (Å²) >= 11 is 0. The number of likely N-dealkylation sites (tertiary alicyclic amines) is 1. The smallest absolute Gasteiger partial charge is 0.237 e. The first kappa shape index (κ1) is 14.6. The maximum absolute atomic E-state index is 12.5. The van der Waals surface area contributed by atoms with Crippen LogP contribution in [0.4, 0.5) is 0 Å². The van der Waals surface area contributed by atoms with Crippen molar-refractivity contribution in [3.63, 3.8) is 0 Å². The van der Waals surface area contributed by atoms with Crippen LogP contribution >= 0.6 is 0 Å². The molecule has 3 aliphatic rings. The van der Waals surface area contributed by atoms with Crippen LogP contribution in [0, 0.1) is 17.8 Å². The van der Waals surface area contributed by atoms with E-state index in [-0.39, 0.29) is 23.7 Å². The molecule has 0 unspecified atom stereocenters. The van der Waals surface area contributed by atoms with Gasteiger partial charge in [0.05, 0.1) is 11.8 Å². The highest BCUT2D eigenvalue weighted by Gasteiger charge is 2.53. The van der Waals surface area contributed by atoms with Gasteiger partial charge in [-0.1, -0.05) is 37.5 Å². The summed E-state index contributed by atoms with van der Waals surface area (Å²) in [6.45, 7) is 2.20. The monoisotopic (exact) mass is 287 g/mol. The highest BCUT2D eigenvalue weighted by molar-refractivity contribution is 6.07. The molecular formula is C18H25NO2. The predicted molar refractivity (Wildman–Crippen MR) is 82.4 cm³/mol. The molecule has 2 fully saturated rings. The molecule has 2 amide bonds. The predicted octanol–water partition coefficient (Wildman–Crippen LogP) is 3.46. The van der Waals surface area contributed by atoms with Crippen LogP contribution in [0.25, 0.3) is 0 Å². The van der Waals surface area contributed by atoms with Crippen LogP contribution in [-0.2, 0) is 9.59 Å². The highest BCUT2D eigenvalue weighted by Crippen LogP contribution is 2.50. The number of carbonyl (C=O) groups is 2. The average Bonchev–Trinajstić information content (AvgIpc) is 3.03. The molecule has 3 rings (SSSR count). The third-order valence-corrected chi connectivity index (χ3v) is 5.36. The quantitative estimate of drug-likeness (QED) is 0.586. The van der Waals surface area contributed by atoms with Gasteiger partial charge in [-0.2, -0.15) is 0 Å². The fraction of sp³-hybridized carbons (Fsp3) is 0.667. The lowest BCUT2D eigenvalue weighted by Crippen LogP contribution is -2.30. The number of fused-ring (bicyclic) bond motifs is 3. The zero-order chi connectivity index (χ0) is 15.0. The molecule has 0 N–H and O–H groups in total. The maximum Gasteiger partial charge on any atom is 0.237 e. The van der Waals surface area contributed by atoms with E-state index in [9.17, 15) is 9.59 Å². The van der Waals surface area contributed by atoms with Gasteiger partial charge in [-0.3, -0.25) is 14.5 Å². The molecule has 0 aromatic heterocycles. The van der Waals surface area contributed by atoms with Crippen molar-refractivity contribution in [1.29, 1.82) is 0 Å². The van der Waals surface area contributed by atoms with Crippen LogP contribution in [0.15, 0.2) is 23.3 Å². The Morgan fingerprint density at radius 3 is 2.86 bits per heavy atom. The molecule has 1 saturated heterocycles. The summed E-state index contributed by atoms with van der Waals surface area (Å²) in [6.07, 6.45) is 12.4. The Morgan fingerprint density at radius 2 is 2.10 bits per heavy atom. The molecule has 0 spiro atoms. The SMILES string of the molecule is CCCCC/C=C1\C=C2CCC[C@H]2[C@H]2C(=O)N(C)C(=O)[C@@H]12. The van der Waals surface area contributed by atoms with Crippen molar-refractivity contribution in [3.05, 3.63) is 23.3 Å². The molecule has 1 saturated carbocycles. The van der Waals surface area contributed by atoms with E-state index in [1.165, 1.54) is 29.7 Å². The van der Waals surface area contributed by atoms with Gasteiger partial charge < -0.3 is 0 Å². The van der Waals surface area contributed by atoms with Gasteiger partial charge in [0.1, 0.15) is 0 Å². The van der Waals surface area contributed by atoms with E-state index < -0.39 is 0 Å². The number of unbranched alkanes of at least 4 members (excludes halogenated alkanes) is 3. The number of hydrogen-bond donors (Lipinski definition) is 0. The summed E-state index contributed by atoms with van der Waals surface area (Å²) in [4.78, 5) is 26.3. The maximum atomic E-state index is 12.5. The number of allylic oxidation sites excluding steroid dienone is 3. The second-order valence-corrected chi connectivity index (χ2v) is 6.66. The van der Waals surface area contributed by atoms with Crippen molar-refractivity contribution in [2.45, 2.75) is 51.9 Å². The molecule has 1 aliphatic heterocycles. The first-order valence-corrected chi connectivity index (χ1v) is 8.37. The van der Waals surface area contributed by atoms with Crippen molar-refractivity contribution < 1.29 is 9.59 Å². The van der Waals surface area contributed by atoms with Gasteiger partial charge in [-0.05, 0) is 43.6 Å². The van der Waals surface area contributed by atoms with E-state index in [1.54, 1.807) is 7.05 Å². The Balaban J connectivity index is 1.90. The van der Waals surface area contributed by atoms with Crippen LogP contribution in [0.5, 0.6) is 0 Å². The first-order chi connectivity index (χ1) is 10.1. The minimum absolute atomic E-state index is 0.00828. The van der Waals surface area contributed by atoms with Crippen LogP contribution in [0.1, 0.15) is 51.9 Å². The van der Waals surface area contributed by atoms with Crippen molar-refractivity contribution in [3.8, 4) is 0 Å². The molecule has 0 aromatic carbocycles. The summed E-state index contributed by atoms with van der Waals surface area (Å²) in [6, 6.07) is 0. The number of rotatable bonds is 4. The molecule has 3 heteroatoms. The zero-order valence-electron chi connectivity index (χ0n) is 13.1. The minimum atomic E-state index is -0.198.